The third-order valence-corrected chi connectivity index (χ3v) is 2.76. The van der Waals surface area contributed by atoms with Crippen LogP contribution in [0.1, 0.15) is 15.9 Å². The van der Waals surface area contributed by atoms with Crippen LogP contribution in [0.15, 0.2) is 78.5 Å². The van der Waals surface area contributed by atoms with Crippen molar-refractivity contribution >= 4 is 12.0 Å². The van der Waals surface area contributed by atoms with Crippen molar-refractivity contribution in [2.45, 2.75) is 0 Å². The number of nitrogens with zero attached hydrogens (tertiary/aromatic N) is 1. The van der Waals surface area contributed by atoms with Crippen molar-refractivity contribution in [1.29, 1.82) is 5.26 Å². The van der Waals surface area contributed by atoms with Crippen LogP contribution >= 0.6 is 0 Å². The number of hydrogen-bond acceptors (Lipinski definition) is 2. The van der Waals surface area contributed by atoms with E-state index in [9.17, 15) is 4.79 Å². The molecular formula is C18H14N2O. The lowest BCUT2D eigenvalue weighted by Gasteiger charge is -2.02. The van der Waals surface area contributed by atoms with E-state index in [1.54, 1.807) is 36.4 Å². The standard InChI is InChI=1S/C18H14N2O/c19-14-17(13-7-10-15-8-3-1-4-9-15)20-18(21)16-11-5-2-6-12-16/h1-13H,(H,20,21)/b10-7+,17-13+. The van der Waals surface area contributed by atoms with E-state index in [0.29, 0.717) is 5.56 Å². The Balaban J connectivity index is 2.03. The second-order valence-electron chi connectivity index (χ2n) is 4.28. The fourth-order valence-corrected chi connectivity index (χ4v) is 1.71. The molecule has 1 amide bonds. The zero-order chi connectivity index (χ0) is 14.9. The average Bonchev–Trinajstić information content (AvgIpc) is 2.55. The summed E-state index contributed by atoms with van der Waals surface area (Å²) in [5.74, 6) is -0.295. The molecule has 0 aliphatic carbocycles. The first kappa shape index (κ1) is 14.3. The van der Waals surface area contributed by atoms with Crippen LogP contribution in [-0.2, 0) is 0 Å². The van der Waals surface area contributed by atoms with Crippen molar-refractivity contribution in [3.63, 3.8) is 0 Å². The maximum absolute atomic E-state index is 11.9. The number of allylic oxidation sites excluding steroid dienone is 3. The molecule has 0 radical (unpaired) electrons. The van der Waals surface area contributed by atoms with Gasteiger partial charge in [0.2, 0.25) is 0 Å². The number of carbonyl (C=O) groups is 1. The van der Waals surface area contributed by atoms with E-state index >= 15 is 0 Å². The summed E-state index contributed by atoms with van der Waals surface area (Å²) in [6.07, 6.45) is 5.18. The average molecular weight is 274 g/mol. The van der Waals surface area contributed by atoms with Gasteiger partial charge in [0.15, 0.2) is 0 Å². The Morgan fingerprint density at radius 3 is 2.24 bits per heavy atom. The predicted octanol–water partition coefficient (Wildman–Crippen LogP) is 3.54. The number of benzene rings is 2. The summed E-state index contributed by atoms with van der Waals surface area (Å²) in [6, 6.07) is 20.5. The molecule has 0 aliphatic heterocycles. The van der Waals surface area contributed by atoms with Crippen molar-refractivity contribution in [3.05, 3.63) is 89.6 Å². The molecule has 0 heterocycles. The first-order valence-corrected chi connectivity index (χ1v) is 6.49. The molecule has 2 aromatic rings. The van der Waals surface area contributed by atoms with Crippen LogP contribution in [-0.4, -0.2) is 5.91 Å². The summed E-state index contributed by atoms with van der Waals surface area (Å²) in [5, 5.41) is 11.6. The number of rotatable bonds is 4. The van der Waals surface area contributed by atoms with Crippen LogP contribution in [0.3, 0.4) is 0 Å². The molecule has 0 saturated heterocycles. The van der Waals surface area contributed by atoms with E-state index < -0.39 is 0 Å². The minimum Gasteiger partial charge on any atom is -0.313 e. The molecule has 102 valence electrons. The van der Waals surface area contributed by atoms with Crippen LogP contribution in [0.4, 0.5) is 0 Å². The molecule has 0 aromatic heterocycles. The highest BCUT2D eigenvalue weighted by molar-refractivity contribution is 5.95. The summed E-state index contributed by atoms with van der Waals surface area (Å²) in [6.45, 7) is 0. The molecule has 0 atom stereocenters. The largest absolute Gasteiger partial charge is 0.313 e. The van der Waals surface area contributed by atoms with Crippen molar-refractivity contribution in [2.24, 2.45) is 0 Å². The number of nitriles is 1. The normalized spacial score (nSPS) is 11.1. The highest BCUT2D eigenvalue weighted by atomic mass is 16.1. The Bertz CT molecular complexity index is 695. The van der Waals surface area contributed by atoms with E-state index in [-0.39, 0.29) is 11.6 Å². The summed E-state index contributed by atoms with van der Waals surface area (Å²) in [5.41, 5.74) is 1.75. The molecule has 3 heteroatoms. The number of nitrogens with one attached hydrogen (secondary N) is 1. The minimum atomic E-state index is -0.295. The highest BCUT2D eigenvalue weighted by Crippen LogP contribution is 2.03. The fraction of sp³-hybridized carbons (Fsp3) is 0. The third-order valence-electron chi connectivity index (χ3n) is 2.76. The smallest absolute Gasteiger partial charge is 0.256 e. The zero-order valence-corrected chi connectivity index (χ0v) is 11.4. The van der Waals surface area contributed by atoms with Gasteiger partial charge in [-0.1, -0.05) is 60.7 Å². The van der Waals surface area contributed by atoms with Crippen LogP contribution in [0.5, 0.6) is 0 Å². The molecule has 2 rings (SSSR count). The third kappa shape index (κ3) is 4.48. The molecule has 0 fully saturated rings. The van der Waals surface area contributed by atoms with Gasteiger partial charge in [-0.2, -0.15) is 5.26 Å². The van der Waals surface area contributed by atoms with Crippen LogP contribution in [0, 0.1) is 11.3 Å². The molecule has 21 heavy (non-hydrogen) atoms. The van der Waals surface area contributed by atoms with E-state index in [1.165, 1.54) is 0 Å². The van der Waals surface area contributed by atoms with Crippen LogP contribution in [0.2, 0.25) is 0 Å². The quantitative estimate of drug-likeness (QED) is 0.685. The monoisotopic (exact) mass is 274 g/mol. The Labute approximate surface area is 123 Å². The number of carbonyl (C=O) groups excluding carboxylic acids is 1. The molecule has 0 aliphatic rings. The Hall–Kier alpha value is -3.12. The first-order chi connectivity index (χ1) is 10.3. The molecule has 3 nitrogen and oxygen atoms in total. The predicted molar refractivity (Wildman–Crippen MR) is 83.1 cm³/mol. The topological polar surface area (TPSA) is 52.9 Å². The Morgan fingerprint density at radius 1 is 1.00 bits per heavy atom. The molecule has 0 bridgehead atoms. The van der Waals surface area contributed by atoms with E-state index in [2.05, 4.69) is 5.32 Å². The summed E-state index contributed by atoms with van der Waals surface area (Å²) >= 11 is 0. The van der Waals surface area contributed by atoms with Gasteiger partial charge in [0.1, 0.15) is 11.8 Å². The van der Waals surface area contributed by atoms with E-state index in [0.717, 1.165) is 5.56 Å². The summed E-state index contributed by atoms with van der Waals surface area (Å²) in [7, 11) is 0. The van der Waals surface area contributed by atoms with Crippen molar-refractivity contribution < 1.29 is 4.79 Å². The van der Waals surface area contributed by atoms with Crippen LogP contribution in [0.25, 0.3) is 6.08 Å². The first-order valence-electron chi connectivity index (χ1n) is 6.49. The van der Waals surface area contributed by atoms with Crippen molar-refractivity contribution in [2.75, 3.05) is 0 Å². The molecule has 1 N–H and O–H groups in total. The zero-order valence-electron chi connectivity index (χ0n) is 11.4. The number of hydrogen-bond donors (Lipinski definition) is 1. The van der Waals surface area contributed by atoms with E-state index in [4.69, 9.17) is 5.26 Å². The highest BCUT2D eigenvalue weighted by Gasteiger charge is 2.05. The second kappa shape index (κ2) is 7.46. The molecular weight excluding hydrogens is 260 g/mol. The lowest BCUT2D eigenvalue weighted by Crippen LogP contribution is -2.21. The number of amides is 1. The SMILES string of the molecule is N#C/C(=C\C=C\c1ccccc1)NC(=O)c1ccccc1. The molecule has 0 spiro atoms. The summed E-state index contributed by atoms with van der Waals surface area (Å²) < 4.78 is 0. The molecule has 0 unspecified atom stereocenters. The minimum absolute atomic E-state index is 0.205. The van der Waals surface area contributed by atoms with Gasteiger partial charge in [0.25, 0.3) is 5.91 Å². The van der Waals surface area contributed by atoms with Gasteiger partial charge in [0, 0.05) is 5.56 Å². The Morgan fingerprint density at radius 2 is 1.62 bits per heavy atom. The second-order valence-corrected chi connectivity index (χ2v) is 4.28. The van der Waals surface area contributed by atoms with Crippen molar-refractivity contribution in [3.8, 4) is 6.07 Å². The summed E-state index contributed by atoms with van der Waals surface area (Å²) in [4.78, 5) is 11.9. The Kier molecular flexibility index (Phi) is 5.08. The maximum atomic E-state index is 11.9. The maximum Gasteiger partial charge on any atom is 0.256 e. The van der Waals surface area contributed by atoms with Gasteiger partial charge in [-0.3, -0.25) is 4.79 Å². The van der Waals surface area contributed by atoms with Crippen LogP contribution < -0.4 is 5.32 Å². The van der Waals surface area contributed by atoms with Gasteiger partial charge >= 0.3 is 0 Å². The van der Waals surface area contributed by atoms with Gasteiger partial charge in [0.05, 0.1) is 0 Å². The molecule has 2 aromatic carbocycles. The fourth-order valence-electron chi connectivity index (χ4n) is 1.71. The van der Waals surface area contributed by atoms with Gasteiger partial charge in [-0.05, 0) is 23.8 Å². The van der Waals surface area contributed by atoms with Crippen molar-refractivity contribution in [1.82, 2.24) is 5.32 Å². The van der Waals surface area contributed by atoms with Gasteiger partial charge in [-0.25, -0.2) is 0 Å². The lowest BCUT2D eigenvalue weighted by molar-refractivity contribution is 0.0967. The molecule has 0 saturated carbocycles. The van der Waals surface area contributed by atoms with Gasteiger partial charge in [-0.15, -0.1) is 0 Å². The van der Waals surface area contributed by atoms with E-state index in [1.807, 2.05) is 48.5 Å². The van der Waals surface area contributed by atoms with Gasteiger partial charge < -0.3 is 5.32 Å². The lowest BCUT2D eigenvalue weighted by atomic mass is 10.2.